The molecule has 0 aromatic heterocycles. The molecule has 6 nitrogen and oxygen atoms in total. The fourth-order valence-corrected chi connectivity index (χ4v) is 3.33. The van der Waals surface area contributed by atoms with Crippen molar-refractivity contribution in [1.82, 2.24) is 15.1 Å². The molecular formula is C17H25N3O3. The van der Waals surface area contributed by atoms with E-state index < -0.39 is 5.54 Å². The summed E-state index contributed by atoms with van der Waals surface area (Å²) in [6.07, 6.45) is 7.49. The summed E-state index contributed by atoms with van der Waals surface area (Å²) in [5.74, 6) is -0.145. The van der Waals surface area contributed by atoms with Crippen LogP contribution in [0.1, 0.15) is 38.5 Å². The van der Waals surface area contributed by atoms with E-state index in [2.05, 4.69) is 18.5 Å². The zero-order valence-electron chi connectivity index (χ0n) is 13.6. The van der Waals surface area contributed by atoms with Crippen LogP contribution in [0.15, 0.2) is 25.3 Å². The first-order chi connectivity index (χ1) is 11.0. The number of nitrogens with zero attached hydrogens (tertiary/aromatic N) is 2. The van der Waals surface area contributed by atoms with Crippen LogP contribution in [0.3, 0.4) is 0 Å². The summed E-state index contributed by atoms with van der Waals surface area (Å²) in [5.41, 5.74) is -0.668. The number of carbonyl (C=O) groups is 3. The monoisotopic (exact) mass is 319 g/mol. The zero-order chi connectivity index (χ0) is 16.9. The summed E-state index contributed by atoms with van der Waals surface area (Å²) in [6.45, 7) is 8.49. The molecule has 2 rings (SSSR count). The van der Waals surface area contributed by atoms with Crippen molar-refractivity contribution in [1.29, 1.82) is 0 Å². The molecule has 23 heavy (non-hydrogen) atoms. The molecule has 0 radical (unpaired) electrons. The van der Waals surface area contributed by atoms with Gasteiger partial charge in [-0.3, -0.25) is 14.5 Å². The molecule has 1 aliphatic heterocycles. The molecule has 0 bridgehead atoms. The molecule has 126 valence electrons. The van der Waals surface area contributed by atoms with Crippen molar-refractivity contribution in [3.05, 3.63) is 25.3 Å². The minimum absolute atomic E-state index is 0.0209. The van der Waals surface area contributed by atoms with Crippen molar-refractivity contribution < 1.29 is 14.4 Å². The summed E-state index contributed by atoms with van der Waals surface area (Å²) in [7, 11) is 0. The zero-order valence-corrected chi connectivity index (χ0v) is 13.6. The number of carbonyl (C=O) groups excluding carboxylic acids is 3. The lowest BCUT2D eigenvalue weighted by Crippen LogP contribution is -2.44. The summed E-state index contributed by atoms with van der Waals surface area (Å²) >= 11 is 0. The van der Waals surface area contributed by atoms with Crippen molar-refractivity contribution in [2.75, 3.05) is 19.6 Å². The Morgan fingerprint density at radius 1 is 1.22 bits per heavy atom. The highest BCUT2D eigenvalue weighted by Gasteiger charge is 2.51. The number of rotatable bonds is 8. The van der Waals surface area contributed by atoms with Gasteiger partial charge in [0.05, 0.1) is 0 Å². The lowest BCUT2D eigenvalue weighted by molar-refractivity contribution is -0.133. The molecule has 0 aromatic rings. The Balaban J connectivity index is 1.85. The number of hydrogen-bond acceptors (Lipinski definition) is 3. The first-order valence-electron chi connectivity index (χ1n) is 8.18. The van der Waals surface area contributed by atoms with E-state index in [1.165, 1.54) is 4.90 Å². The number of hydrogen-bond donors (Lipinski definition) is 1. The maximum atomic E-state index is 12.5. The van der Waals surface area contributed by atoms with Gasteiger partial charge in [-0.25, -0.2) is 4.79 Å². The Morgan fingerprint density at radius 2 is 1.83 bits per heavy atom. The smallest absolute Gasteiger partial charge is 0.325 e. The predicted octanol–water partition coefficient (Wildman–Crippen LogP) is 1.83. The summed E-state index contributed by atoms with van der Waals surface area (Å²) in [5, 5.41) is 2.85. The second kappa shape index (κ2) is 7.44. The van der Waals surface area contributed by atoms with Crippen LogP contribution in [0.2, 0.25) is 0 Å². The molecule has 1 N–H and O–H groups in total. The molecule has 1 spiro atoms. The van der Waals surface area contributed by atoms with Gasteiger partial charge in [0.25, 0.3) is 5.91 Å². The SMILES string of the molecule is C=CCN(CC=C)C(=O)CCCN1C(=O)NC2(CCCC2)C1=O. The van der Waals surface area contributed by atoms with Gasteiger partial charge in [-0.05, 0) is 19.3 Å². The lowest BCUT2D eigenvalue weighted by atomic mass is 9.98. The average molecular weight is 319 g/mol. The van der Waals surface area contributed by atoms with Crippen molar-refractivity contribution in [2.24, 2.45) is 0 Å². The Hall–Kier alpha value is -2.11. The van der Waals surface area contributed by atoms with Gasteiger partial charge < -0.3 is 10.2 Å². The van der Waals surface area contributed by atoms with Crippen LogP contribution in [-0.2, 0) is 9.59 Å². The van der Waals surface area contributed by atoms with Gasteiger partial charge in [-0.15, -0.1) is 13.2 Å². The highest BCUT2D eigenvalue weighted by molar-refractivity contribution is 6.07. The topological polar surface area (TPSA) is 69.7 Å². The summed E-state index contributed by atoms with van der Waals surface area (Å²) in [6, 6.07) is -0.321. The summed E-state index contributed by atoms with van der Waals surface area (Å²) < 4.78 is 0. The van der Waals surface area contributed by atoms with Crippen LogP contribution < -0.4 is 5.32 Å². The summed E-state index contributed by atoms with van der Waals surface area (Å²) in [4.78, 5) is 39.6. The van der Waals surface area contributed by atoms with E-state index in [0.717, 1.165) is 25.7 Å². The van der Waals surface area contributed by atoms with Crippen LogP contribution >= 0.6 is 0 Å². The maximum Gasteiger partial charge on any atom is 0.325 e. The lowest BCUT2D eigenvalue weighted by Gasteiger charge is -2.21. The molecule has 0 unspecified atom stereocenters. The van der Waals surface area contributed by atoms with Crippen LogP contribution in [0.5, 0.6) is 0 Å². The molecule has 2 aliphatic rings. The van der Waals surface area contributed by atoms with Gasteiger partial charge in [-0.1, -0.05) is 25.0 Å². The molecule has 4 amide bonds. The van der Waals surface area contributed by atoms with E-state index in [1.54, 1.807) is 17.1 Å². The van der Waals surface area contributed by atoms with Crippen LogP contribution in [0.4, 0.5) is 4.79 Å². The van der Waals surface area contributed by atoms with E-state index in [4.69, 9.17) is 0 Å². The first kappa shape index (κ1) is 17.2. The highest BCUT2D eigenvalue weighted by atomic mass is 16.2. The molecule has 1 saturated carbocycles. The predicted molar refractivity (Wildman–Crippen MR) is 87.7 cm³/mol. The molecule has 0 aromatic carbocycles. The van der Waals surface area contributed by atoms with Gasteiger partial charge in [0, 0.05) is 26.1 Å². The Kier molecular flexibility index (Phi) is 5.58. The van der Waals surface area contributed by atoms with Crippen molar-refractivity contribution in [2.45, 2.75) is 44.1 Å². The first-order valence-corrected chi connectivity index (χ1v) is 8.18. The Bertz CT molecular complexity index is 499. The van der Waals surface area contributed by atoms with Gasteiger partial charge in [0.15, 0.2) is 0 Å². The largest absolute Gasteiger partial charge is 0.335 e. The quantitative estimate of drug-likeness (QED) is 0.548. The van der Waals surface area contributed by atoms with Crippen LogP contribution in [-0.4, -0.2) is 52.8 Å². The Labute approximate surface area is 137 Å². The molecule has 1 heterocycles. The van der Waals surface area contributed by atoms with Crippen LogP contribution in [0.25, 0.3) is 0 Å². The van der Waals surface area contributed by atoms with Crippen molar-refractivity contribution in [3.8, 4) is 0 Å². The third-order valence-corrected chi connectivity index (χ3v) is 4.53. The van der Waals surface area contributed by atoms with Gasteiger partial charge in [0.2, 0.25) is 5.91 Å². The third kappa shape index (κ3) is 3.63. The standard InChI is InChI=1S/C17H25N3O3/c1-3-11-19(12-4-2)14(21)8-7-13-20-15(22)17(18-16(20)23)9-5-6-10-17/h3-4H,1-2,5-13H2,(H,18,23). The van der Waals surface area contributed by atoms with Gasteiger partial charge >= 0.3 is 6.03 Å². The fraction of sp³-hybridized carbons (Fsp3) is 0.588. The second-order valence-electron chi connectivity index (χ2n) is 6.16. The minimum Gasteiger partial charge on any atom is -0.335 e. The van der Waals surface area contributed by atoms with E-state index in [1.807, 2.05) is 0 Å². The van der Waals surface area contributed by atoms with E-state index >= 15 is 0 Å². The highest BCUT2D eigenvalue weighted by Crippen LogP contribution is 2.35. The molecule has 1 saturated heterocycles. The number of urea groups is 1. The molecule has 0 atom stereocenters. The van der Waals surface area contributed by atoms with Crippen molar-refractivity contribution >= 4 is 17.8 Å². The molecule has 1 aliphatic carbocycles. The number of nitrogens with one attached hydrogen (secondary N) is 1. The van der Waals surface area contributed by atoms with Crippen molar-refractivity contribution in [3.63, 3.8) is 0 Å². The second-order valence-corrected chi connectivity index (χ2v) is 6.16. The number of imide groups is 1. The van der Waals surface area contributed by atoms with E-state index in [9.17, 15) is 14.4 Å². The molecular weight excluding hydrogens is 294 g/mol. The maximum absolute atomic E-state index is 12.5. The molecule has 2 fully saturated rings. The van der Waals surface area contributed by atoms with Gasteiger partial charge in [-0.2, -0.15) is 0 Å². The third-order valence-electron chi connectivity index (χ3n) is 4.53. The fourth-order valence-electron chi connectivity index (χ4n) is 3.33. The molecule has 6 heteroatoms. The normalized spacial score (nSPS) is 19.0. The Morgan fingerprint density at radius 3 is 2.39 bits per heavy atom. The van der Waals surface area contributed by atoms with Gasteiger partial charge in [0.1, 0.15) is 5.54 Å². The van der Waals surface area contributed by atoms with E-state index in [-0.39, 0.29) is 24.4 Å². The van der Waals surface area contributed by atoms with E-state index in [0.29, 0.717) is 25.9 Å². The van der Waals surface area contributed by atoms with Crippen LogP contribution in [0, 0.1) is 0 Å². The number of amides is 4. The average Bonchev–Trinajstić information content (AvgIpc) is 3.07. The minimum atomic E-state index is -0.668.